The zero-order valence-corrected chi connectivity index (χ0v) is 19.0. The van der Waals surface area contributed by atoms with Crippen LogP contribution in [0.25, 0.3) is 11.1 Å². The van der Waals surface area contributed by atoms with E-state index >= 15 is 0 Å². The molecule has 0 spiro atoms. The van der Waals surface area contributed by atoms with Crippen LogP contribution in [0, 0.1) is 5.92 Å². The van der Waals surface area contributed by atoms with Crippen LogP contribution in [0.4, 0.5) is 10.6 Å². The van der Waals surface area contributed by atoms with Gasteiger partial charge >= 0.3 is 12.1 Å². The maximum Gasteiger partial charge on any atom is 0.412 e. The summed E-state index contributed by atoms with van der Waals surface area (Å²) in [6.07, 6.45) is 0.184. The Morgan fingerprint density at radius 1 is 0.914 bits per heavy atom. The van der Waals surface area contributed by atoms with E-state index in [0.717, 1.165) is 22.3 Å². The number of nitrogens with one attached hydrogen (secondary N) is 1. The molecule has 5 rings (SSSR count). The second-order valence-electron chi connectivity index (χ2n) is 8.76. The first-order chi connectivity index (χ1) is 17.0. The van der Waals surface area contributed by atoms with Crippen molar-refractivity contribution < 1.29 is 24.2 Å². The number of fused-ring (bicyclic) bond motifs is 3. The fraction of sp³-hybridized carbons (Fsp3) is 0.259. The van der Waals surface area contributed by atoms with Crippen molar-refractivity contribution in [2.45, 2.75) is 18.8 Å². The lowest BCUT2D eigenvalue weighted by Gasteiger charge is -2.29. The van der Waals surface area contributed by atoms with E-state index in [0.29, 0.717) is 25.9 Å². The standard InChI is InChI=1S/C27H25N3O5/c31-25(30-14-12-17(13-15-30)26(32)33)23-10-5-11-24(28-23)29-27(34)35-16-22-20-8-3-1-6-18(20)19-7-2-4-9-21(19)22/h1-11,17,22H,12-16H2,(H,32,33)(H,28,29,34). The average molecular weight is 472 g/mol. The van der Waals surface area contributed by atoms with Crippen LogP contribution in [0.3, 0.4) is 0 Å². The summed E-state index contributed by atoms with van der Waals surface area (Å²) in [6, 6.07) is 21.0. The number of nitrogens with zero attached hydrogens (tertiary/aromatic N) is 2. The average Bonchev–Trinajstić information content (AvgIpc) is 3.21. The predicted molar refractivity (Wildman–Crippen MR) is 129 cm³/mol. The number of anilines is 1. The number of hydrogen-bond donors (Lipinski definition) is 2. The molecule has 2 N–H and O–H groups in total. The Morgan fingerprint density at radius 2 is 1.54 bits per heavy atom. The molecule has 3 aromatic rings. The molecule has 2 aromatic carbocycles. The van der Waals surface area contributed by atoms with Gasteiger partial charge < -0.3 is 14.7 Å². The zero-order chi connectivity index (χ0) is 24.4. The number of carbonyl (C=O) groups is 3. The lowest BCUT2D eigenvalue weighted by Crippen LogP contribution is -2.40. The highest BCUT2D eigenvalue weighted by molar-refractivity contribution is 5.93. The number of rotatable bonds is 5. The topological polar surface area (TPSA) is 109 Å². The number of carboxylic acid groups (broad SMARTS) is 1. The summed E-state index contributed by atoms with van der Waals surface area (Å²) >= 11 is 0. The molecule has 0 atom stereocenters. The van der Waals surface area contributed by atoms with Crippen molar-refractivity contribution in [1.29, 1.82) is 0 Å². The summed E-state index contributed by atoms with van der Waals surface area (Å²) < 4.78 is 5.55. The summed E-state index contributed by atoms with van der Waals surface area (Å²) in [5.74, 6) is -1.38. The third kappa shape index (κ3) is 4.59. The van der Waals surface area contributed by atoms with Gasteiger partial charge in [-0.15, -0.1) is 0 Å². The third-order valence-electron chi connectivity index (χ3n) is 6.67. The normalized spacial score (nSPS) is 15.3. The molecular formula is C27H25N3O5. The summed E-state index contributed by atoms with van der Waals surface area (Å²) in [5.41, 5.74) is 4.74. The van der Waals surface area contributed by atoms with Crippen molar-refractivity contribution in [1.82, 2.24) is 9.88 Å². The number of benzene rings is 2. The monoisotopic (exact) mass is 471 g/mol. The second-order valence-corrected chi connectivity index (χ2v) is 8.76. The van der Waals surface area contributed by atoms with Crippen molar-refractivity contribution >= 4 is 23.8 Å². The van der Waals surface area contributed by atoms with E-state index in [4.69, 9.17) is 9.84 Å². The van der Waals surface area contributed by atoms with Crippen molar-refractivity contribution in [3.8, 4) is 11.1 Å². The van der Waals surface area contributed by atoms with E-state index in [9.17, 15) is 14.4 Å². The van der Waals surface area contributed by atoms with Crippen molar-refractivity contribution in [2.24, 2.45) is 5.92 Å². The van der Waals surface area contributed by atoms with Crippen LogP contribution in [-0.2, 0) is 9.53 Å². The SMILES string of the molecule is O=C(Nc1cccc(C(=O)N2CCC(C(=O)O)CC2)n1)OCC1c2ccccc2-c2ccccc21. The maximum atomic E-state index is 12.8. The quantitative estimate of drug-likeness (QED) is 0.572. The van der Waals surface area contributed by atoms with Gasteiger partial charge in [-0.3, -0.25) is 14.9 Å². The molecule has 1 aliphatic heterocycles. The summed E-state index contributed by atoms with van der Waals surface area (Å²) in [7, 11) is 0. The van der Waals surface area contributed by atoms with E-state index in [1.165, 1.54) is 0 Å². The van der Waals surface area contributed by atoms with Crippen LogP contribution in [0.5, 0.6) is 0 Å². The zero-order valence-electron chi connectivity index (χ0n) is 19.0. The Hall–Kier alpha value is -4.20. The highest BCUT2D eigenvalue weighted by Crippen LogP contribution is 2.44. The number of carboxylic acids is 1. The summed E-state index contributed by atoms with van der Waals surface area (Å²) in [5, 5.41) is 11.8. The van der Waals surface area contributed by atoms with E-state index in [-0.39, 0.29) is 29.9 Å². The third-order valence-corrected chi connectivity index (χ3v) is 6.67. The lowest BCUT2D eigenvalue weighted by molar-refractivity contribution is -0.143. The number of piperidine rings is 1. The van der Waals surface area contributed by atoms with Gasteiger partial charge in [0.25, 0.3) is 5.91 Å². The minimum Gasteiger partial charge on any atom is -0.481 e. The fourth-order valence-corrected chi connectivity index (χ4v) is 4.85. The van der Waals surface area contributed by atoms with Gasteiger partial charge in [0.1, 0.15) is 18.1 Å². The molecule has 8 nitrogen and oxygen atoms in total. The highest BCUT2D eigenvalue weighted by Gasteiger charge is 2.30. The van der Waals surface area contributed by atoms with Gasteiger partial charge in [0.05, 0.1) is 5.92 Å². The number of aromatic nitrogens is 1. The molecule has 1 saturated heterocycles. The van der Waals surface area contributed by atoms with Gasteiger partial charge in [0, 0.05) is 19.0 Å². The molecule has 1 aromatic heterocycles. The molecule has 178 valence electrons. The van der Waals surface area contributed by atoms with Crippen LogP contribution in [0.15, 0.2) is 66.7 Å². The first-order valence-corrected chi connectivity index (χ1v) is 11.6. The summed E-state index contributed by atoms with van der Waals surface area (Å²) in [4.78, 5) is 42.4. The van der Waals surface area contributed by atoms with Gasteiger partial charge in [-0.05, 0) is 47.2 Å². The van der Waals surface area contributed by atoms with Gasteiger partial charge in [-0.2, -0.15) is 0 Å². The molecule has 8 heteroatoms. The van der Waals surface area contributed by atoms with Crippen LogP contribution in [-0.4, -0.2) is 52.7 Å². The van der Waals surface area contributed by atoms with Crippen LogP contribution in [0.1, 0.15) is 40.4 Å². The molecule has 2 aliphatic rings. The number of carbonyl (C=O) groups excluding carboxylic acids is 2. The lowest BCUT2D eigenvalue weighted by atomic mass is 9.97. The molecule has 1 aliphatic carbocycles. The number of amides is 2. The molecular weight excluding hydrogens is 446 g/mol. The Balaban J connectivity index is 1.21. The molecule has 2 amide bonds. The number of likely N-dealkylation sites (tertiary alicyclic amines) is 1. The molecule has 0 saturated carbocycles. The predicted octanol–water partition coefficient (Wildman–Crippen LogP) is 4.38. The number of aliphatic carboxylic acids is 1. The van der Waals surface area contributed by atoms with Crippen molar-refractivity contribution in [2.75, 3.05) is 25.0 Å². The largest absolute Gasteiger partial charge is 0.481 e. The van der Waals surface area contributed by atoms with Gasteiger partial charge in [0.15, 0.2) is 0 Å². The van der Waals surface area contributed by atoms with Crippen LogP contribution < -0.4 is 5.32 Å². The first-order valence-electron chi connectivity index (χ1n) is 11.6. The van der Waals surface area contributed by atoms with Crippen LogP contribution >= 0.6 is 0 Å². The van der Waals surface area contributed by atoms with Gasteiger partial charge in [-0.25, -0.2) is 9.78 Å². The number of ether oxygens (including phenoxy) is 1. The van der Waals surface area contributed by atoms with E-state index in [2.05, 4.69) is 34.6 Å². The van der Waals surface area contributed by atoms with Gasteiger partial charge in [0.2, 0.25) is 0 Å². The molecule has 35 heavy (non-hydrogen) atoms. The van der Waals surface area contributed by atoms with E-state index < -0.39 is 18.0 Å². The Labute approximate surface area is 202 Å². The Morgan fingerprint density at radius 3 is 2.17 bits per heavy atom. The van der Waals surface area contributed by atoms with E-state index in [1.54, 1.807) is 23.1 Å². The van der Waals surface area contributed by atoms with E-state index in [1.807, 2.05) is 24.3 Å². The summed E-state index contributed by atoms with van der Waals surface area (Å²) in [6.45, 7) is 0.903. The Kier molecular flexibility index (Phi) is 6.18. The number of pyridine rings is 1. The first kappa shape index (κ1) is 22.6. The molecule has 0 bridgehead atoms. The highest BCUT2D eigenvalue weighted by atomic mass is 16.5. The van der Waals surface area contributed by atoms with Crippen molar-refractivity contribution in [3.63, 3.8) is 0 Å². The smallest absolute Gasteiger partial charge is 0.412 e. The molecule has 1 fully saturated rings. The van der Waals surface area contributed by atoms with Crippen molar-refractivity contribution in [3.05, 3.63) is 83.6 Å². The van der Waals surface area contributed by atoms with Crippen LogP contribution in [0.2, 0.25) is 0 Å². The second kappa shape index (κ2) is 9.58. The molecule has 0 unspecified atom stereocenters. The Bertz CT molecular complexity index is 1240. The fourth-order valence-electron chi connectivity index (χ4n) is 4.85. The minimum atomic E-state index is -0.829. The van der Waals surface area contributed by atoms with Gasteiger partial charge in [-0.1, -0.05) is 54.6 Å². The maximum absolute atomic E-state index is 12.8. The minimum absolute atomic E-state index is 0.0530. The molecule has 2 heterocycles. The number of hydrogen-bond acceptors (Lipinski definition) is 5. The molecule has 0 radical (unpaired) electrons.